The minimum Gasteiger partial charge on any atom is -0.492 e. The lowest BCUT2D eigenvalue weighted by atomic mass is 10.1. The number of rotatable bonds is 6. The number of benzene rings is 1. The maximum absolute atomic E-state index is 11.9. The molecule has 1 aromatic carbocycles. The van der Waals surface area contributed by atoms with Crippen LogP contribution in [0.1, 0.15) is 11.1 Å². The van der Waals surface area contributed by atoms with E-state index >= 15 is 0 Å². The van der Waals surface area contributed by atoms with Crippen LogP contribution in [-0.4, -0.2) is 21.6 Å². The lowest BCUT2D eigenvalue weighted by Crippen LogP contribution is -2.27. The van der Waals surface area contributed by atoms with Gasteiger partial charge in [-0.2, -0.15) is 0 Å². The van der Waals surface area contributed by atoms with Gasteiger partial charge >= 0.3 is 0 Å². The average molecular weight is 346 g/mol. The summed E-state index contributed by atoms with van der Waals surface area (Å²) < 4.78 is 32.5. The molecule has 21 heavy (non-hydrogen) atoms. The Labute approximate surface area is 133 Å². The lowest BCUT2D eigenvalue weighted by Gasteiger charge is -2.09. The fourth-order valence-electron chi connectivity index (χ4n) is 1.66. The van der Waals surface area contributed by atoms with Crippen LogP contribution in [0.15, 0.2) is 34.5 Å². The molecule has 114 valence electrons. The maximum atomic E-state index is 11.9. The molecule has 1 aromatic heterocycles. The highest BCUT2D eigenvalue weighted by Gasteiger charge is 2.15. The van der Waals surface area contributed by atoms with E-state index in [9.17, 15) is 8.42 Å². The molecule has 7 heteroatoms. The van der Waals surface area contributed by atoms with Crippen LogP contribution in [0.25, 0.3) is 0 Å². The Hall–Kier alpha value is -1.08. The number of hydrogen-bond donors (Lipinski definition) is 1. The molecule has 0 amide bonds. The molecule has 0 radical (unpaired) electrons. The van der Waals surface area contributed by atoms with E-state index in [0.29, 0.717) is 4.34 Å². The van der Waals surface area contributed by atoms with E-state index in [4.69, 9.17) is 16.3 Å². The highest BCUT2D eigenvalue weighted by atomic mass is 35.5. The molecule has 0 spiro atoms. The normalized spacial score (nSPS) is 11.6. The van der Waals surface area contributed by atoms with E-state index < -0.39 is 10.0 Å². The topological polar surface area (TPSA) is 55.4 Å². The summed E-state index contributed by atoms with van der Waals surface area (Å²) in [5, 5.41) is 0. The zero-order valence-electron chi connectivity index (χ0n) is 11.7. The van der Waals surface area contributed by atoms with Gasteiger partial charge in [-0.3, -0.25) is 0 Å². The molecule has 2 rings (SSSR count). The third kappa shape index (κ3) is 4.44. The van der Waals surface area contributed by atoms with Crippen molar-refractivity contribution in [2.24, 2.45) is 0 Å². The van der Waals surface area contributed by atoms with E-state index in [1.54, 1.807) is 6.07 Å². The summed E-state index contributed by atoms with van der Waals surface area (Å²) in [4.78, 5) is 0. The Bertz CT molecular complexity index is 726. The van der Waals surface area contributed by atoms with Gasteiger partial charge in [0, 0.05) is 6.54 Å². The van der Waals surface area contributed by atoms with Crippen LogP contribution in [0.4, 0.5) is 0 Å². The molecule has 1 N–H and O–H groups in total. The summed E-state index contributed by atoms with van der Waals surface area (Å²) in [6.07, 6.45) is 0. The van der Waals surface area contributed by atoms with Gasteiger partial charge in [-0.05, 0) is 49.2 Å². The van der Waals surface area contributed by atoms with Gasteiger partial charge in [-0.1, -0.05) is 17.7 Å². The van der Waals surface area contributed by atoms with Crippen molar-refractivity contribution in [2.75, 3.05) is 13.2 Å². The molecule has 0 aliphatic carbocycles. The Morgan fingerprint density at radius 1 is 1.19 bits per heavy atom. The van der Waals surface area contributed by atoms with Crippen LogP contribution < -0.4 is 9.46 Å². The van der Waals surface area contributed by atoms with Crippen molar-refractivity contribution >= 4 is 33.0 Å². The average Bonchev–Trinajstić information content (AvgIpc) is 2.86. The highest BCUT2D eigenvalue weighted by Crippen LogP contribution is 2.25. The quantitative estimate of drug-likeness (QED) is 0.816. The summed E-state index contributed by atoms with van der Waals surface area (Å²) in [5.74, 6) is 0.733. The number of aryl methyl sites for hydroxylation is 2. The SMILES string of the molecule is Cc1ccc(OCCNS(=O)(=O)c2ccc(Cl)s2)cc1C. The molecule has 0 aliphatic rings. The number of nitrogens with one attached hydrogen (secondary N) is 1. The number of halogens is 1. The Balaban J connectivity index is 1.85. The van der Waals surface area contributed by atoms with Gasteiger partial charge < -0.3 is 4.74 Å². The molecule has 2 aromatic rings. The molecular formula is C14H16ClNO3S2. The largest absolute Gasteiger partial charge is 0.492 e. The van der Waals surface area contributed by atoms with Crippen LogP contribution in [0, 0.1) is 13.8 Å². The van der Waals surface area contributed by atoms with Crippen LogP contribution >= 0.6 is 22.9 Å². The minimum atomic E-state index is -3.50. The number of sulfonamides is 1. The van der Waals surface area contributed by atoms with Gasteiger partial charge in [0.2, 0.25) is 10.0 Å². The number of thiophene rings is 1. The smallest absolute Gasteiger partial charge is 0.250 e. The lowest BCUT2D eigenvalue weighted by molar-refractivity contribution is 0.322. The molecule has 0 bridgehead atoms. The van der Waals surface area contributed by atoms with E-state index in [-0.39, 0.29) is 17.4 Å². The number of hydrogen-bond acceptors (Lipinski definition) is 4. The molecular weight excluding hydrogens is 330 g/mol. The molecule has 0 aliphatic heterocycles. The van der Waals surface area contributed by atoms with Crippen molar-refractivity contribution in [3.63, 3.8) is 0 Å². The molecule has 0 atom stereocenters. The third-order valence-electron chi connectivity index (χ3n) is 2.95. The maximum Gasteiger partial charge on any atom is 0.250 e. The van der Waals surface area contributed by atoms with Gasteiger partial charge in [0.05, 0.1) is 4.34 Å². The summed E-state index contributed by atoms with van der Waals surface area (Å²) >= 11 is 6.76. The molecule has 0 saturated carbocycles. The van der Waals surface area contributed by atoms with Crippen molar-refractivity contribution in [3.05, 3.63) is 45.8 Å². The van der Waals surface area contributed by atoms with Crippen molar-refractivity contribution in [2.45, 2.75) is 18.1 Å². The first-order valence-corrected chi connectivity index (χ1v) is 9.01. The zero-order chi connectivity index (χ0) is 15.5. The standard InChI is InChI=1S/C14H16ClNO3S2/c1-10-3-4-12(9-11(10)2)19-8-7-16-21(17,18)14-6-5-13(15)20-14/h3-6,9,16H,7-8H2,1-2H3. The van der Waals surface area contributed by atoms with Crippen molar-refractivity contribution in [1.29, 1.82) is 0 Å². The van der Waals surface area contributed by atoms with Gasteiger partial charge in [-0.25, -0.2) is 13.1 Å². The summed E-state index contributed by atoms with van der Waals surface area (Å²) in [6, 6.07) is 8.83. The Kier molecular flexibility index (Phi) is 5.27. The molecule has 1 heterocycles. The second-order valence-corrected chi connectivity index (χ2v) is 8.26. The van der Waals surface area contributed by atoms with Crippen molar-refractivity contribution < 1.29 is 13.2 Å². The van der Waals surface area contributed by atoms with Gasteiger partial charge in [0.1, 0.15) is 16.6 Å². The first kappa shape index (κ1) is 16.3. The molecule has 4 nitrogen and oxygen atoms in total. The molecule has 0 fully saturated rings. The minimum absolute atomic E-state index is 0.199. The predicted molar refractivity (Wildman–Crippen MR) is 85.9 cm³/mol. The van der Waals surface area contributed by atoms with E-state index in [0.717, 1.165) is 22.6 Å². The predicted octanol–water partition coefficient (Wildman–Crippen LogP) is 3.38. The monoisotopic (exact) mass is 345 g/mol. The van der Waals surface area contributed by atoms with Crippen molar-refractivity contribution in [1.82, 2.24) is 4.72 Å². The van der Waals surface area contributed by atoms with E-state index in [1.165, 1.54) is 11.6 Å². The van der Waals surface area contributed by atoms with E-state index in [1.807, 2.05) is 32.0 Å². The number of ether oxygens (including phenoxy) is 1. The third-order valence-corrected chi connectivity index (χ3v) is 6.14. The summed E-state index contributed by atoms with van der Waals surface area (Å²) in [6.45, 7) is 4.50. The van der Waals surface area contributed by atoms with Crippen LogP contribution in [-0.2, 0) is 10.0 Å². The molecule has 0 saturated heterocycles. The van der Waals surface area contributed by atoms with Gasteiger partial charge in [0.15, 0.2) is 0 Å². The summed E-state index contributed by atoms with van der Waals surface area (Å²) in [7, 11) is -3.50. The summed E-state index contributed by atoms with van der Waals surface area (Å²) in [5.41, 5.74) is 2.33. The first-order chi connectivity index (χ1) is 9.88. The highest BCUT2D eigenvalue weighted by molar-refractivity contribution is 7.91. The fraction of sp³-hybridized carbons (Fsp3) is 0.286. The Morgan fingerprint density at radius 2 is 1.95 bits per heavy atom. The van der Waals surface area contributed by atoms with Crippen LogP contribution in [0.5, 0.6) is 5.75 Å². The van der Waals surface area contributed by atoms with Crippen molar-refractivity contribution in [3.8, 4) is 5.75 Å². The fourth-order valence-corrected chi connectivity index (χ4v) is 4.20. The first-order valence-electron chi connectivity index (χ1n) is 6.33. The van der Waals surface area contributed by atoms with E-state index in [2.05, 4.69) is 4.72 Å². The van der Waals surface area contributed by atoms with Crippen LogP contribution in [0.2, 0.25) is 4.34 Å². The van der Waals surface area contributed by atoms with Gasteiger partial charge in [0.25, 0.3) is 0 Å². The van der Waals surface area contributed by atoms with Gasteiger partial charge in [-0.15, -0.1) is 11.3 Å². The molecule has 0 unspecified atom stereocenters. The zero-order valence-corrected chi connectivity index (χ0v) is 14.1. The second-order valence-electron chi connectivity index (χ2n) is 4.55. The van der Waals surface area contributed by atoms with Crippen LogP contribution in [0.3, 0.4) is 0 Å². The Morgan fingerprint density at radius 3 is 2.57 bits per heavy atom. The second kappa shape index (κ2) is 6.79.